The second-order valence-corrected chi connectivity index (χ2v) is 6.60. The molecule has 0 aromatic heterocycles. The van der Waals surface area contributed by atoms with Gasteiger partial charge in [0.05, 0.1) is 6.04 Å². The topological polar surface area (TPSA) is 21.3 Å². The fraction of sp³-hybridized carbons (Fsp3) is 0.368. The molecule has 0 aliphatic carbocycles. The second-order valence-electron chi connectivity index (χ2n) is 6.60. The molecule has 1 unspecified atom stereocenters. The number of fused-ring (bicyclic) bond motifs is 1. The number of benzene rings is 2. The monoisotopic (exact) mass is 281 g/mol. The van der Waals surface area contributed by atoms with Crippen molar-refractivity contribution in [1.29, 1.82) is 0 Å². The van der Waals surface area contributed by atoms with E-state index < -0.39 is 0 Å². The molecular formula is C19H23NO. The lowest BCUT2D eigenvalue weighted by Crippen LogP contribution is -2.34. The Kier molecular flexibility index (Phi) is 3.40. The Morgan fingerprint density at radius 1 is 1.00 bits per heavy atom. The van der Waals surface area contributed by atoms with Gasteiger partial charge < -0.3 is 10.1 Å². The molecule has 2 aromatic rings. The Labute approximate surface area is 127 Å². The molecule has 0 amide bonds. The van der Waals surface area contributed by atoms with Crippen molar-refractivity contribution < 1.29 is 4.74 Å². The SMILES string of the molecule is CC(C)c1ccc(NC2c3ccccc3OC2(C)C)cc1. The van der Waals surface area contributed by atoms with Crippen molar-refractivity contribution in [3.63, 3.8) is 0 Å². The van der Waals surface area contributed by atoms with Crippen LogP contribution in [0.5, 0.6) is 5.75 Å². The Morgan fingerprint density at radius 3 is 2.33 bits per heavy atom. The van der Waals surface area contributed by atoms with Gasteiger partial charge in [-0.3, -0.25) is 0 Å². The molecule has 0 radical (unpaired) electrons. The van der Waals surface area contributed by atoms with Gasteiger partial charge >= 0.3 is 0 Å². The fourth-order valence-corrected chi connectivity index (χ4v) is 2.91. The quantitative estimate of drug-likeness (QED) is 0.841. The molecule has 3 rings (SSSR count). The first-order valence-corrected chi connectivity index (χ1v) is 7.62. The molecule has 0 spiro atoms. The predicted molar refractivity (Wildman–Crippen MR) is 88.0 cm³/mol. The van der Waals surface area contributed by atoms with Crippen LogP contribution >= 0.6 is 0 Å². The zero-order chi connectivity index (χ0) is 15.0. The normalized spacial score (nSPS) is 19.2. The summed E-state index contributed by atoms with van der Waals surface area (Å²) in [4.78, 5) is 0. The third-order valence-corrected chi connectivity index (χ3v) is 4.19. The Bertz CT molecular complexity index is 628. The second kappa shape index (κ2) is 5.10. The van der Waals surface area contributed by atoms with Gasteiger partial charge in [-0.05, 0) is 43.5 Å². The van der Waals surface area contributed by atoms with Gasteiger partial charge in [0.2, 0.25) is 0 Å². The molecule has 1 N–H and O–H groups in total. The summed E-state index contributed by atoms with van der Waals surface area (Å²) in [5.74, 6) is 1.55. The van der Waals surface area contributed by atoms with Crippen LogP contribution in [0.1, 0.15) is 50.8 Å². The number of hydrogen-bond acceptors (Lipinski definition) is 2. The van der Waals surface area contributed by atoms with Crippen LogP contribution < -0.4 is 10.1 Å². The van der Waals surface area contributed by atoms with Crippen LogP contribution in [0.2, 0.25) is 0 Å². The first-order valence-electron chi connectivity index (χ1n) is 7.62. The van der Waals surface area contributed by atoms with Crippen LogP contribution in [0.15, 0.2) is 48.5 Å². The zero-order valence-electron chi connectivity index (χ0n) is 13.2. The minimum absolute atomic E-state index is 0.165. The van der Waals surface area contributed by atoms with Gasteiger partial charge in [-0.25, -0.2) is 0 Å². The molecule has 2 aromatic carbocycles. The molecule has 2 heteroatoms. The van der Waals surface area contributed by atoms with Crippen molar-refractivity contribution in [2.75, 3.05) is 5.32 Å². The van der Waals surface area contributed by atoms with E-state index in [9.17, 15) is 0 Å². The third-order valence-electron chi connectivity index (χ3n) is 4.19. The van der Waals surface area contributed by atoms with Crippen molar-refractivity contribution in [1.82, 2.24) is 0 Å². The summed E-state index contributed by atoms with van der Waals surface area (Å²) in [7, 11) is 0. The smallest absolute Gasteiger partial charge is 0.128 e. The van der Waals surface area contributed by atoms with Crippen LogP contribution in [0, 0.1) is 0 Å². The number of nitrogens with one attached hydrogen (secondary N) is 1. The molecule has 1 aliphatic heterocycles. The highest BCUT2D eigenvalue weighted by Crippen LogP contribution is 2.44. The van der Waals surface area contributed by atoms with Gasteiger partial charge in [0.1, 0.15) is 11.4 Å². The number of rotatable bonds is 3. The molecule has 0 fully saturated rings. The van der Waals surface area contributed by atoms with Gasteiger partial charge in [-0.2, -0.15) is 0 Å². The van der Waals surface area contributed by atoms with Crippen molar-refractivity contribution >= 4 is 5.69 Å². The van der Waals surface area contributed by atoms with Gasteiger partial charge in [0, 0.05) is 11.3 Å². The summed E-state index contributed by atoms with van der Waals surface area (Å²) in [6.45, 7) is 8.69. The average molecular weight is 281 g/mol. The summed E-state index contributed by atoms with van der Waals surface area (Å²) in [5, 5.41) is 3.63. The number of anilines is 1. The van der Waals surface area contributed by atoms with Gasteiger partial charge in [0.25, 0.3) is 0 Å². The summed E-state index contributed by atoms with van der Waals surface area (Å²) < 4.78 is 6.08. The van der Waals surface area contributed by atoms with Crippen LogP contribution in [0.4, 0.5) is 5.69 Å². The molecule has 1 aliphatic rings. The van der Waals surface area contributed by atoms with Crippen molar-refractivity contribution in [3.8, 4) is 5.75 Å². The highest BCUT2D eigenvalue weighted by Gasteiger charge is 2.40. The maximum absolute atomic E-state index is 6.08. The number of hydrogen-bond donors (Lipinski definition) is 1. The van der Waals surface area contributed by atoms with Crippen molar-refractivity contribution in [3.05, 3.63) is 59.7 Å². The van der Waals surface area contributed by atoms with Gasteiger partial charge in [0.15, 0.2) is 0 Å². The van der Waals surface area contributed by atoms with Crippen LogP contribution in [0.25, 0.3) is 0 Å². The minimum Gasteiger partial charge on any atom is -0.485 e. The number of ether oxygens (including phenoxy) is 1. The standard InChI is InChI=1S/C19H23NO/c1-13(2)14-9-11-15(12-10-14)20-18-16-7-5-6-8-17(16)21-19(18,3)4/h5-13,18,20H,1-4H3. The molecule has 2 nitrogen and oxygen atoms in total. The molecular weight excluding hydrogens is 258 g/mol. The zero-order valence-corrected chi connectivity index (χ0v) is 13.2. The van der Waals surface area contributed by atoms with Crippen LogP contribution in [0.3, 0.4) is 0 Å². The molecule has 1 atom stereocenters. The minimum atomic E-state index is -0.250. The van der Waals surface area contributed by atoms with Crippen LogP contribution in [-0.2, 0) is 0 Å². The van der Waals surface area contributed by atoms with Gasteiger partial charge in [-0.1, -0.05) is 44.2 Å². The lowest BCUT2D eigenvalue weighted by Gasteiger charge is -2.28. The maximum atomic E-state index is 6.08. The maximum Gasteiger partial charge on any atom is 0.128 e. The lowest BCUT2D eigenvalue weighted by molar-refractivity contribution is 0.118. The largest absolute Gasteiger partial charge is 0.485 e. The summed E-state index contributed by atoms with van der Waals surface area (Å²) in [6, 6.07) is 17.2. The Hall–Kier alpha value is -1.96. The average Bonchev–Trinajstić information content (AvgIpc) is 2.70. The lowest BCUT2D eigenvalue weighted by atomic mass is 9.94. The van der Waals surface area contributed by atoms with E-state index in [4.69, 9.17) is 4.74 Å². The van der Waals surface area contributed by atoms with E-state index in [1.54, 1.807) is 0 Å². The molecule has 0 saturated carbocycles. The first-order chi connectivity index (χ1) is 9.97. The van der Waals surface area contributed by atoms with E-state index in [0.29, 0.717) is 5.92 Å². The third kappa shape index (κ3) is 2.63. The number of para-hydroxylation sites is 1. The van der Waals surface area contributed by atoms with E-state index in [1.807, 2.05) is 12.1 Å². The Balaban J connectivity index is 1.86. The highest BCUT2D eigenvalue weighted by atomic mass is 16.5. The van der Waals surface area contributed by atoms with E-state index in [1.165, 1.54) is 11.1 Å². The summed E-state index contributed by atoms with van der Waals surface area (Å²) >= 11 is 0. The van der Waals surface area contributed by atoms with E-state index in [2.05, 4.69) is 69.4 Å². The van der Waals surface area contributed by atoms with Crippen LogP contribution in [-0.4, -0.2) is 5.60 Å². The van der Waals surface area contributed by atoms with E-state index in [-0.39, 0.29) is 11.6 Å². The van der Waals surface area contributed by atoms with Crippen molar-refractivity contribution in [2.45, 2.75) is 45.3 Å². The molecule has 110 valence electrons. The molecule has 1 heterocycles. The fourth-order valence-electron chi connectivity index (χ4n) is 2.91. The predicted octanol–water partition coefficient (Wildman–Crippen LogP) is 5.13. The molecule has 0 saturated heterocycles. The first kappa shape index (κ1) is 14.0. The molecule has 21 heavy (non-hydrogen) atoms. The Morgan fingerprint density at radius 2 is 1.67 bits per heavy atom. The van der Waals surface area contributed by atoms with Crippen molar-refractivity contribution in [2.24, 2.45) is 0 Å². The van der Waals surface area contributed by atoms with E-state index in [0.717, 1.165) is 11.4 Å². The highest BCUT2D eigenvalue weighted by molar-refractivity contribution is 5.52. The molecule has 0 bridgehead atoms. The summed E-state index contributed by atoms with van der Waals surface area (Å²) in [5.41, 5.74) is 3.48. The van der Waals surface area contributed by atoms with E-state index >= 15 is 0 Å². The summed E-state index contributed by atoms with van der Waals surface area (Å²) in [6.07, 6.45) is 0. The van der Waals surface area contributed by atoms with Gasteiger partial charge in [-0.15, -0.1) is 0 Å².